The molecule has 2 aromatic rings. The minimum atomic E-state index is -3.34. The summed E-state index contributed by atoms with van der Waals surface area (Å²) in [5.41, 5.74) is 0. The quantitative estimate of drug-likeness (QED) is 0.772. The van der Waals surface area contributed by atoms with Crippen LogP contribution >= 0.6 is 0 Å². The largest absolute Gasteiger partial charge is 0.219 e. The average molecular weight is 257 g/mol. The molecule has 0 amide bonds. The fourth-order valence-corrected chi connectivity index (χ4v) is 2.64. The molecule has 0 heterocycles. The second kappa shape index (κ2) is 6.09. The molecule has 0 unspecified atom stereocenters. The van der Waals surface area contributed by atoms with Gasteiger partial charge in [0.1, 0.15) is 0 Å². The van der Waals surface area contributed by atoms with E-state index in [-0.39, 0.29) is 51.4 Å². The van der Waals surface area contributed by atoms with Gasteiger partial charge in [0, 0.05) is 51.4 Å². The summed E-state index contributed by atoms with van der Waals surface area (Å²) in [6.45, 7) is 0. The van der Waals surface area contributed by atoms with Gasteiger partial charge < -0.3 is 0 Å². The van der Waals surface area contributed by atoms with Crippen molar-refractivity contribution < 1.29 is 8.42 Å². The summed E-state index contributed by atoms with van der Waals surface area (Å²) in [5.74, 6) is 0. The van der Waals surface area contributed by atoms with Crippen LogP contribution in [0.3, 0.4) is 0 Å². The Morgan fingerprint density at radius 2 is 0.938 bits per heavy atom. The summed E-state index contributed by atoms with van der Waals surface area (Å²) in [4.78, 5) is 0.660. The van der Waals surface area contributed by atoms with Crippen LogP contribution in [-0.2, 0) is 9.84 Å². The van der Waals surface area contributed by atoms with Crippen molar-refractivity contribution in [1.29, 1.82) is 0 Å². The van der Waals surface area contributed by atoms with Crippen LogP contribution in [-0.4, -0.2) is 59.8 Å². The van der Waals surface area contributed by atoms with Crippen LogP contribution < -0.4 is 0 Å². The van der Waals surface area contributed by atoms with E-state index in [1.54, 1.807) is 60.7 Å². The first-order valence-electron chi connectivity index (χ1n) is 4.56. The van der Waals surface area contributed by atoms with E-state index in [0.29, 0.717) is 9.79 Å². The van der Waals surface area contributed by atoms with Crippen molar-refractivity contribution in [2.24, 2.45) is 0 Å². The van der Waals surface area contributed by atoms with Gasteiger partial charge in [-0.05, 0) is 24.3 Å². The van der Waals surface area contributed by atoms with Crippen LogP contribution in [0.1, 0.15) is 0 Å². The van der Waals surface area contributed by atoms with Gasteiger partial charge in [-0.15, -0.1) is 0 Å². The van der Waals surface area contributed by atoms with E-state index in [9.17, 15) is 8.42 Å². The van der Waals surface area contributed by atoms with E-state index in [1.165, 1.54) is 0 Å². The van der Waals surface area contributed by atoms with Gasteiger partial charge in [-0.25, -0.2) is 8.42 Å². The standard InChI is InChI=1S/C12H10O2S.K/c13-15(14,11-7-3-1-4-8-11)12-9-5-2-6-10-12;/h1-10H;. The van der Waals surface area contributed by atoms with Gasteiger partial charge in [-0.2, -0.15) is 0 Å². The molecule has 0 spiro atoms. The summed E-state index contributed by atoms with van der Waals surface area (Å²) < 4.78 is 24.1. The Bertz CT molecular complexity index is 490. The molecule has 2 aromatic carbocycles. The summed E-state index contributed by atoms with van der Waals surface area (Å²) in [7, 11) is -3.34. The topological polar surface area (TPSA) is 34.1 Å². The van der Waals surface area contributed by atoms with Crippen LogP contribution in [0.25, 0.3) is 0 Å². The van der Waals surface area contributed by atoms with Crippen molar-refractivity contribution in [1.82, 2.24) is 0 Å². The fourth-order valence-electron chi connectivity index (χ4n) is 1.34. The summed E-state index contributed by atoms with van der Waals surface area (Å²) in [6.07, 6.45) is 0. The van der Waals surface area contributed by atoms with E-state index in [1.807, 2.05) is 0 Å². The first-order chi connectivity index (χ1) is 7.21. The van der Waals surface area contributed by atoms with Crippen LogP contribution in [0.15, 0.2) is 70.5 Å². The molecule has 16 heavy (non-hydrogen) atoms. The van der Waals surface area contributed by atoms with Crippen molar-refractivity contribution in [2.75, 3.05) is 0 Å². The molecule has 2 rings (SSSR count). The Balaban J connectivity index is 0.00000128. The van der Waals surface area contributed by atoms with Crippen LogP contribution in [0.2, 0.25) is 0 Å². The molecule has 0 N–H and O–H groups in total. The molecule has 0 atom stereocenters. The predicted octanol–water partition coefficient (Wildman–Crippen LogP) is 2.14. The normalized spacial score (nSPS) is 10.5. The Morgan fingerprint density at radius 3 is 1.25 bits per heavy atom. The van der Waals surface area contributed by atoms with Gasteiger partial charge in [0.25, 0.3) is 0 Å². The minimum absolute atomic E-state index is 0. The summed E-state index contributed by atoms with van der Waals surface area (Å²) in [6, 6.07) is 16.9. The molecule has 4 heteroatoms. The number of sulfone groups is 1. The molecule has 0 fully saturated rings. The zero-order valence-corrected chi connectivity index (χ0v) is 12.9. The molecule has 1 radical (unpaired) electrons. The smallest absolute Gasteiger partial charge is 0.206 e. The molecular weight excluding hydrogens is 247 g/mol. The maximum absolute atomic E-state index is 12.0. The molecule has 2 nitrogen and oxygen atoms in total. The molecule has 77 valence electrons. The molecule has 0 aliphatic heterocycles. The van der Waals surface area contributed by atoms with Crippen LogP contribution in [0.5, 0.6) is 0 Å². The molecule has 0 saturated carbocycles. The van der Waals surface area contributed by atoms with Crippen molar-refractivity contribution in [3.05, 3.63) is 60.7 Å². The predicted molar refractivity (Wildman–Crippen MR) is 64.1 cm³/mol. The Kier molecular flexibility index (Phi) is 5.37. The molecular formula is C12H10KO2S. The third-order valence-electron chi connectivity index (χ3n) is 2.11. The van der Waals surface area contributed by atoms with E-state index < -0.39 is 9.84 Å². The number of hydrogen-bond donors (Lipinski definition) is 0. The van der Waals surface area contributed by atoms with Crippen LogP contribution in [0.4, 0.5) is 0 Å². The first-order valence-corrected chi connectivity index (χ1v) is 6.05. The minimum Gasteiger partial charge on any atom is -0.219 e. The molecule has 0 aromatic heterocycles. The summed E-state index contributed by atoms with van der Waals surface area (Å²) >= 11 is 0. The van der Waals surface area contributed by atoms with E-state index in [2.05, 4.69) is 0 Å². The number of hydrogen-bond acceptors (Lipinski definition) is 2. The fraction of sp³-hybridized carbons (Fsp3) is 0. The zero-order valence-electron chi connectivity index (χ0n) is 9.00. The number of rotatable bonds is 2. The molecule has 0 saturated heterocycles. The average Bonchev–Trinajstić information content (AvgIpc) is 2.31. The Hall–Kier alpha value is 0.0264. The van der Waals surface area contributed by atoms with Crippen molar-refractivity contribution in [2.45, 2.75) is 9.79 Å². The summed E-state index contributed by atoms with van der Waals surface area (Å²) in [5, 5.41) is 0. The van der Waals surface area contributed by atoms with E-state index in [4.69, 9.17) is 0 Å². The van der Waals surface area contributed by atoms with E-state index >= 15 is 0 Å². The second-order valence-electron chi connectivity index (χ2n) is 3.13. The Morgan fingerprint density at radius 1 is 0.625 bits per heavy atom. The molecule has 0 aliphatic carbocycles. The van der Waals surface area contributed by atoms with Gasteiger partial charge in [0.15, 0.2) is 0 Å². The monoisotopic (exact) mass is 257 g/mol. The van der Waals surface area contributed by atoms with Crippen molar-refractivity contribution in [3.63, 3.8) is 0 Å². The number of benzene rings is 2. The Labute approximate surface area is 138 Å². The van der Waals surface area contributed by atoms with Gasteiger partial charge >= 0.3 is 0 Å². The molecule has 0 aliphatic rings. The third-order valence-corrected chi connectivity index (χ3v) is 3.89. The van der Waals surface area contributed by atoms with Crippen LogP contribution in [0, 0.1) is 0 Å². The zero-order chi connectivity index (χ0) is 10.7. The molecule has 0 bridgehead atoms. The van der Waals surface area contributed by atoms with Gasteiger partial charge in [-0.1, -0.05) is 36.4 Å². The maximum Gasteiger partial charge on any atom is 0.206 e. The van der Waals surface area contributed by atoms with E-state index in [0.717, 1.165) is 0 Å². The third kappa shape index (κ3) is 3.03. The SMILES string of the molecule is O=S(=O)(c1ccccc1)c1ccccc1.[K]. The van der Waals surface area contributed by atoms with Gasteiger partial charge in [-0.3, -0.25) is 0 Å². The van der Waals surface area contributed by atoms with Crippen molar-refractivity contribution in [3.8, 4) is 0 Å². The maximum atomic E-state index is 12.0. The van der Waals surface area contributed by atoms with Crippen molar-refractivity contribution >= 4 is 61.2 Å². The second-order valence-corrected chi connectivity index (χ2v) is 5.08. The van der Waals surface area contributed by atoms with Gasteiger partial charge in [0.2, 0.25) is 9.84 Å². The van der Waals surface area contributed by atoms with Gasteiger partial charge in [0.05, 0.1) is 9.79 Å². The first kappa shape index (κ1) is 14.1.